The topological polar surface area (TPSA) is 40.5 Å². The summed E-state index contributed by atoms with van der Waals surface area (Å²) in [7, 11) is 1.84. The largest absolute Gasteiger partial charge is 0.395 e. The van der Waals surface area contributed by atoms with Crippen LogP contribution in [0.3, 0.4) is 0 Å². The van der Waals surface area contributed by atoms with Crippen LogP contribution in [0, 0.1) is 5.92 Å². The van der Waals surface area contributed by atoms with Gasteiger partial charge in [-0.15, -0.1) is 0 Å². The van der Waals surface area contributed by atoms with Crippen LogP contribution in [-0.2, 0) is 4.79 Å². The molecular weight excluding hydrogens is 154 g/mol. The summed E-state index contributed by atoms with van der Waals surface area (Å²) in [4.78, 5) is 13.2. The Morgan fingerprint density at radius 2 is 2.17 bits per heavy atom. The molecule has 0 spiro atoms. The first-order valence-corrected chi connectivity index (χ1v) is 4.43. The third-order valence-corrected chi connectivity index (χ3v) is 2.07. The van der Waals surface area contributed by atoms with Gasteiger partial charge >= 0.3 is 0 Å². The van der Waals surface area contributed by atoms with Gasteiger partial charge in [-0.25, -0.2) is 0 Å². The molecule has 0 fully saturated rings. The van der Waals surface area contributed by atoms with Crippen LogP contribution in [0.15, 0.2) is 0 Å². The van der Waals surface area contributed by atoms with Gasteiger partial charge in [0.1, 0.15) is 5.78 Å². The minimum atomic E-state index is 0.115. The number of likely N-dealkylation sites (N-methyl/N-ethyl adjacent to an activating group) is 1. The van der Waals surface area contributed by atoms with Crippen LogP contribution in [0.5, 0.6) is 0 Å². The molecule has 72 valence electrons. The summed E-state index contributed by atoms with van der Waals surface area (Å²) < 4.78 is 0. The second kappa shape index (κ2) is 6.14. The maximum atomic E-state index is 11.3. The van der Waals surface area contributed by atoms with E-state index >= 15 is 0 Å². The lowest BCUT2D eigenvalue weighted by Gasteiger charge is -2.16. The Kier molecular flexibility index (Phi) is 5.93. The number of carbonyl (C=O) groups excluding carboxylic acids is 1. The highest BCUT2D eigenvalue weighted by atomic mass is 16.3. The first kappa shape index (κ1) is 11.6. The van der Waals surface area contributed by atoms with Crippen molar-refractivity contribution in [1.29, 1.82) is 0 Å². The summed E-state index contributed by atoms with van der Waals surface area (Å²) in [5, 5.41) is 8.59. The summed E-state index contributed by atoms with van der Waals surface area (Å²) in [5.41, 5.74) is 0. The maximum absolute atomic E-state index is 11.3. The van der Waals surface area contributed by atoms with Gasteiger partial charge in [-0.2, -0.15) is 0 Å². The third-order valence-electron chi connectivity index (χ3n) is 2.07. The van der Waals surface area contributed by atoms with Crippen molar-refractivity contribution < 1.29 is 9.90 Å². The van der Waals surface area contributed by atoms with Crippen LogP contribution in [-0.4, -0.2) is 42.5 Å². The number of nitrogens with zero attached hydrogens (tertiary/aromatic N) is 1. The molecule has 0 heterocycles. The SMILES string of the molecule is CCC(C)C(=O)CN(C)CCO. The van der Waals surface area contributed by atoms with Gasteiger partial charge in [0.15, 0.2) is 0 Å². The minimum Gasteiger partial charge on any atom is -0.395 e. The molecule has 1 atom stereocenters. The van der Waals surface area contributed by atoms with E-state index in [-0.39, 0.29) is 18.3 Å². The van der Waals surface area contributed by atoms with Crippen LogP contribution in [0.1, 0.15) is 20.3 Å². The van der Waals surface area contributed by atoms with Gasteiger partial charge in [0.25, 0.3) is 0 Å². The third kappa shape index (κ3) is 4.46. The van der Waals surface area contributed by atoms with E-state index in [4.69, 9.17) is 5.11 Å². The van der Waals surface area contributed by atoms with Crippen molar-refractivity contribution in [2.24, 2.45) is 5.92 Å². The second-order valence-corrected chi connectivity index (χ2v) is 3.24. The number of hydrogen-bond donors (Lipinski definition) is 1. The van der Waals surface area contributed by atoms with E-state index in [1.807, 2.05) is 25.8 Å². The molecule has 1 N–H and O–H groups in total. The second-order valence-electron chi connectivity index (χ2n) is 3.24. The van der Waals surface area contributed by atoms with Crippen molar-refractivity contribution in [2.75, 3.05) is 26.7 Å². The molecule has 0 amide bonds. The molecule has 0 aliphatic heterocycles. The fourth-order valence-corrected chi connectivity index (χ4v) is 0.899. The number of carbonyl (C=O) groups is 1. The van der Waals surface area contributed by atoms with Crippen molar-refractivity contribution in [1.82, 2.24) is 4.90 Å². The molecule has 3 nitrogen and oxygen atoms in total. The van der Waals surface area contributed by atoms with E-state index < -0.39 is 0 Å². The smallest absolute Gasteiger partial charge is 0.149 e. The number of rotatable bonds is 6. The Labute approximate surface area is 74.4 Å². The molecule has 0 aromatic carbocycles. The Hall–Kier alpha value is -0.410. The van der Waals surface area contributed by atoms with Crippen LogP contribution >= 0.6 is 0 Å². The standard InChI is InChI=1S/C9H19NO2/c1-4-8(2)9(12)7-10(3)5-6-11/h8,11H,4-7H2,1-3H3. The molecule has 0 aromatic rings. The summed E-state index contributed by atoms with van der Waals surface area (Å²) in [6.45, 7) is 5.09. The van der Waals surface area contributed by atoms with Gasteiger partial charge in [0.2, 0.25) is 0 Å². The number of Topliss-reactive ketones (excluding diaryl/α,β-unsaturated/α-hetero) is 1. The van der Waals surface area contributed by atoms with Gasteiger partial charge in [-0.05, 0) is 13.5 Å². The fourth-order valence-electron chi connectivity index (χ4n) is 0.899. The van der Waals surface area contributed by atoms with Crippen LogP contribution in [0.2, 0.25) is 0 Å². The molecular formula is C9H19NO2. The van der Waals surface area contributed by atoms with E-state index in [2.05, 4.69) is 0 Å². The van der Waals surface area contributed by atoms with Crippen molar-refractivity contribution in [3.63, 3.8) is 0 Å². The first-order chi connectivity index (χ1) is 5.61. The molecule has 1 unspecified atom stereocenters. The van der Waals surface area contributed by atoms with Gasteiger partial charge in [-0.1, -0.05) is 13.8 Å². The lowest BCUT2D eigenvalue weighted by molar-refractivity contribution is -0.123. The predicted octanol–water partition coefficient (Wildman–Crippen LogP) is 0.526. The normalized spacial score (nSPS) is 13.4. The number of aliphatic hydroxyl groups excluding tert-OH is 1. The Bertz CT molecular complexity index is 136. The van der Waals surface area contributed by atoms with Crippen molar-refractivity contribution in [2.45, 2.75) is 20.3 Å². The molecule has 12 heavy (non-hydrogen) atoms. The van der Waals surface area contributed by atoms with E-state index in [1.54, 1.807) is 0 Å². The Balaban J connectivity index is 3.67. The molecule has 0 radical (unpaired) electrons. The van der Waals surface area contributed by atoms with Crippen LogP contribution in [0.25, 0.3) is 0 Å². The zero-order chi connectivity index (χ0) is 9.56. The summed E-state index contributed by atoms with van der Waals surface area (Å²) in [6.07, 6.45) is 0.895. The minimum absolute atomic E-state index is 0.115. The number of hydrogen-bond acceptors (Lipinski definition) is 3. The van der Waals surface area contributed by atoms with E-state index in [9.17, 15) is 4.79 Å². The van der Waals surface area contributed by atoms with Crippen molar-refractivity contribution in [3.05, 3.63) is 0 Å². The number of ketones is 1. The van der Waals surface area contributed by atoms with Crippen LogP contribution < -0.4 is 0 Å². The Morgan fingerprint density at radius 1 is 1.58 bits per heavy atom. The molecule has 0 aliphatic rings. The van der Waals surface area contributed by atoms with Gasteiger partial charge in [0.05, 0.1) is 13.2 Å². The van der Waals surface area contributed by atoms with Crippen molar-refractivity contribution >= 4 is 5.78 Å². The van der Waals surface area contributed by atoms with E-state index in [1.165, 1.54) is 0 Å². The Morgan fingerprint density at radius 3 is 2.58 bits per heavy atom. The van der Waals surface area contributed by atoms with Crippen LogP contribution in [0.4, 0.5) is 0 Å². The molecule has 0 rings (SSSR count). The van der Waals surface area contributed by atoms with E-state index in [0.29, 0.717) is 13.1 Å². The van der Waals surface area contributed by atoms with Gasteiger partial charge in [0, 0.05) is 12.5 Å². The summed E-state index contributed by atoms with van der Waals surface area (Å²) in [5.74, 6) is 0.402. The highest BCUT2D eigenvalue weighted by Gasteiger charge is 2.12. The quantitative estimate of drug-likeness (QED) is 0.637. The average molecular weight is 173 g/mol. The summed E-state index contributed by atoms with van der Waals surface area (Å²) in [6, 6.07) is 0. The molecule has 0 saturated carbocycles. The average Bonchev–Trinajstić information content (AvgIpc) is 2.03. The molecule has 0 saturated heterocycles. The zero-order valence-electron chi connectivity index (χ0n) is 8.21. The van der Waals surface area contributed by atoms with Gasteiger partial charge < -0.3 is 5.11 Å². The molecule has 0 aliphatic carbocycles. The monoisotopic (exact) mass is 173 g/mol. The zero-order valence-corrected chi connectivity index (χ0v) is 8.21. The summed E-state index contributed by atoms with van der Waals surface area (Å²) >= 11 is 0. The van der Waals surface area contributed by atoms with E-state index in [0.717, 1.165) is 6.42 Å². The maximum Gasteiger partial charge on any atom is 0.149 e. The molecule has 0 bridgehead atoms. The first-order valence-electron chi connectivity index (χ1n) is 4.43. The highest BCUT2D eigenvalue weighted by Crippen LogP contribution is 2.02. The predicted molar refractivity (Wildman–Crippen MR) is 49.0 cm³/mol. The lowest BCUT2D eigenvalue weighted by Crippen LogP contribution is -2.31. The lowest BCUT2D eigenvalue weighted by atomic mass is 10.0. The number of aliphatic hydroxyl groups is 1. The fraction of sp³-hybridized carbons (Fsp3) is 0.889. The molecule has 3 heteroatoms. The van der Waals surface area contributed by atoms with Crippen molar-refractivity contribution in [3.8, 4) is 0 Å². The van der Waals surface area contributed by atoms with Gasteiger partial charge in [-0.3, -0.25) is 9.69 Å². The molecule has 0 aromatic heterocycles. The highest BCUT2D eigenvalue weighted by molar-refractivity contribution is 5.82.